The molecule has 154 valence electrons. The van der Waals surface area contributed by atoms with Crippen molar-refractivity contribution in [2.45, 2.75) is 26.3 Å². The zero-order valence-electron chi connectivity index (χ0n) is 15.9. The SMILES string of the molecule is C=C(CC(C)Nc1cccc(NC(=O)Nc2cc(F)c(F)cc2F)c1)NC(C)=O. The molecule has 2 aromatic carbocycles. The standard InChI is InChI=1S/C20H21F3N4O2/c1-11(24-13(3)28)7-12(2)25-14-5-4-6-15(8-14)26-20(29)27-19-10-17(22)16(21)9-18(19)23/h4-6,8-10,12,25H,1,7H2,2-3H3,(H,24,28)(H2,26,27,29). The van der Waals surface area contributed by atoms with Crippen molar-refractivity contribution in [1.29, 1.82) is 0 Å². The average molecular weight is 406 g/mol. The van der Waals surface area contributed by atoms with Gasteiger partial charge >= 0.3 is 6.03 Å². The smallest absolute Gasteiger partial charge is 0.323 e. The van der Waals surface area contributed by atoms with Crippen LogP contribution in [0.1, 0.15) is 20.3 Å². The summed E-state index contributed by atoms with van der Waals surface area (Å²) in [6, 6.07) is 6.74. The van der Waals surface area contributed by atoms with Gasteiger partial charge in [0.15, 0.2) is 11.6 Å². The fraction of sp³-hybridized carbons (Fsp3) is 0.200. The van der Waals surface area contributed by atoms with Gasteiger partial charge in [0.2, 0.25) is 5.91 Å². The van der Waals surface area contributed by atoms with E-state index in [0.717, 1.165) is 0 Å². The molecule has 29 heavy (non-hydrogen) atoms. The third-order valence-electron chi connectivity index (χ3n) is 3.70. The van der Waals surface area contributed by atoms with Gasteiger partial charge in [-0.1, -0.05) is 12.6 Å². The Kier molecular flexibility index (Phi) is 7.24. The Morgan fingerprint density at radius 1 is 1.00 bits per heavy atom. The minimum Gasteiger partial charge on any atom is -0.382 e. The van der Waals surface area contributed by atoms with Crippen molar-refractivity contribution >= 4 is 29.0 Å². The van der Waals surface area contributed by atoms with Gasteiger partial charge in [-0.15, -0.1) is 0 Å². The number of benzene rings is 2. The third-order valence-corrected chi connectivity index (χ3v) is 3.70. The maximum atomic E-state index is 13.6. The van der Waals surface area contributed by atoms with Crippen LogP contribution in [0.15, 0.2) is 48.7 Å². The minimum absolute atomic E-state index is 0.0605. The molecule has 1 unspecified atom stereocenters. The predicted molar refractivity (Wildman–Crippen MR) is 106 cm³/mol. The molecule has 0 bridgehead atoms. The lowest BCUT2D eigenvalue weighted by Gasteiger charge is -2.17. The lowest BCUT2D eigenvalue weighted by atomic mass is 10.1. The van der Waals surface area contributed by atoms with Gasteiger partial charge in [-0.2, -0.15) is 0 Å². The molecule has 4 N–H and O–H groups in total. The Bertz CT molecular complexity index is 934. The number of amides is 3. The van der Waals surface area contributed by atoms with Gasteiger partial charge in [0, 0.05) is 48.6 Å². The fourth-order valence-corrected chi connectivity index (χ4v) is 2.59. The first-order chi connectivity index (χ1) is 13.6. The molecule has 0 saturated heterocycles. The first-order valence-electron chi connectivity index (χ1n) is 8.68. The van der Waals surface area contributed by atoms with E-state index in [1.807, 2.05) is 6.92 Å². The molecule has 0 aliphatic heterocycles. The molecule has 6 nitrogen and oxygen atoms in total. The van der Waals surface area contributed by atoms with E-state index in [2.05, 4.69) is 27.8 Å². The van der Waals surface area contributed by atoms with Crippen LogP contribution in [0, 0.1) is 17.5 Å². The highest BCUT2D eigenvalue weighted by molar-refractivity contribution is 6.00. The number of anilines is 3. The first-order valence-corrected chi connectivity index (χ1v) is 8.68. The van der Waals surface area contributed by atoms with Gasteiger partial charge < -0.3 is 21.3 Å². The number of hydrogen-bond donors (Lipinski definition) is 4. The molecule has 0 saturated carbocycles. The monoisotopic (exact) mass is 406 g/mol. The number of urea groups is 1. The fourth-order valence-electron chi connectivity index (χ4n) is 2.59. The van der Waals surface area contributed by atoms with Crippen LogP contribution in [0.25, 0.3) is 0 Å². The third kappa shape index (κ3) is 6.87. The van der Waals surface area contributed by atoms with Gasteiger partial charge in [-0.25, -0.2) is 18.0 Å². The van der Waals surface area contributed by atoms with Gasteiger partial charge in [-0.05, 0) is 25.1 Å². The Morgan fingerprint density at radius 3 is 2.34 bits per heavy atom. The number of hydrogen-bond acceptors (Lipinski definition) is 3. The predicted octanol–water partition coefficient (Wildman–Crippen LogP) is 4.59. The number of halogens is 3. The maximum absolute atomic E-state index is 13.6. The molecule has 0 aliphatic rings. The molecular formula is C20H21F3N4O2. The lowest BCUT2D eigenvalue weighted by molar-refractivity contribution is -0.118. The molecule has 2 rings (SSSR count). The summed E-state index contributed by atoms with van der Waals surface area (Å²) in [5.41, 5.74) is 1.16. The van der Waals surface area contributed by atoms with E-state index in [0.29, 0.717) is 35.6 Å². The quantitative estimate of drug-likeness (QED) is 0.508. The molecule has 0 aliphatic carbocycles. The minimum atomic E-state index is -1.34. The van der Waals surface area contributed by atoms with Crippen LogP contribution in [0.3, 0.4) is 0 Å². The summed E-state index contributed by atoms with van der Waals surface area (Å²) in [6.07, 6.45) is 0.493. The Balaban J connectivity index is 1.97. The van der Waals surface area contributed by atoms with Crippen LogP contribution in [0.4, 0.5) is 35.0 Å². The number of rotatable bonds is 7. The summed E-state index contributed by atoms with van der Waals surface area (Å²) in [5.74, 6) is -3.91. The van der Waals surface area contributed by atoms with Crippen LogP contribution < -0.4 is 21.3 Å². The van der Waals surface area contributed by atoms with Crippen molar-refractivity contribution in [2.24, 2.45) is 0 Å². The average Bonchev–Trinajstić information content (AvgIpc) is 2.58. The second-order valence-electron chi connectivity index (χ2n) is 6.44. The number of carbonyl (C=O) groups excluding carboxylic acids is 2. The van der Waals surface area contributed by atoms with E-state index < -0.39 is 29.2 Å². The van der Waals surface area contributed by atoms with Crippen molar-refractivity contribution in [3.05, 3.63) is 66.1 Å². The number of carbonyl (C=O) groups is 2. The maximum Gasteiger partial charge on any atom is 0.323 e. The Labute approximate surface area is 166 Å². The van der Waals surface area contributed by atoms with E-state index >= 15 is 0 Å². The molecule has 1 atom stereocenters. The highest BCUT2D eigenvalue weighted by Gasteiger charge is 2.13. The molecule has 0 spiro atoms. The van der Waals surface area contributed by atoms with Crippen molar-refractivity contribution < 1.29 is 22.8 Å². The van der Waals surface area contributed by atoms with Crippen LogP contribution in [-0.4, -0.2) is 18.0 Å². The zero-order chi connectivity index (χ0) is 21.6. The molecule has 9 heteroatoms. The second-order valence-corrected chi connectivity index (χ2v) is 6.44. The highest BCUT2D eigenvalue weighted by Crippen LogP contribution is 2.20. The van der Waals surface area contributed by atoms with E-state index in [9.17, 15) is 22.8 Å². The topological polar surface area (TPSA) is 82.3 Å². The summed E-state index contributed by atoms with van der Waals surface area (Å²) in [7, 11) is 0. The van der Waals surface area contributed by atoms with Gasteiger partial charge in [0.25, 0.3) is 0 Å². The normalized spacial score (nSPS) is 11.3. The van der Waals surface area contributed by atoms with E-state index in [1.54, 1.807) is 24.3 Å². The molecule has 2 aromatic rings. The summed E-state index contributed by atoms with van der Waals surface area (Å²) < 4.78 is 39.8. The highest BCUT2D eigenvalue weighted by atomic mass is 19.2. The molecule has 0 fully saturated rings. The van der Waals surface area contributed by atoms with Crippen molar-refractivity contribution in [1.82, 2.24) is 5.32 Å². The van der Waals surface area contributed by atoms with Crippen LogP contribution in [0.2, 0.25) is 0 Å². The van der Waals surface area contributed by atoms with Crippen LogP contribution in [0.5, 0.6) is 0 Å². The molecular weight excluding hydrogens is 385 g/mol. The Morgan fingerprint density at radius 2 is 1.66 bits per heavy atom. The van der Waals surface area contributed by atoms with Crippen LogP contribution in [-0.2, 0) is 4.79 Å². The lowest BCUT2D eigenvalue weighted by Crippen LogP contribution is -2.24. The zero-order valence-corrected chi connectivity index (χ0v) is 15.9. The number of nitrogens with one attached hydrogen (secondary N) is 4. The van der Waals surface area contributed by atoms with E-state index in [4.69, 9.17) is 0 Å². The first kappa shape index (κ1) is 21.8. The van der Waals surface area contributed by atoms with E-state index in [1.165, 1.54) is 6.92 Å². The van der Waals surface area contributed by atoms with Crippen molar-refractivity contribution in [3.63, 3.8) is 0 Å². The summed E-state index contributed by atoms with van der Waals surface area (Å²) >= 11 is 0. The summed E-state index contributed by atoms with van der Waals surface area (Å²) in [4.78, 5) is 23.1. The molecule has 0 radical (unpaired) electrons. The van der Waals surface area contributed by atoms with Crippen molar-refractivity contribution in [3.8, 4) is 0 Å². The largest absolute Gasteiger partial charge is 0.382 e. The Hall–Kier alpha value is -3.49. The molecule has 3 amide bonds. The van der Waals surface area contributed by atoms with Crippen molar-refractivity contribution in [2.75, 3.05) is 16.0 Å². The summed E-state index contributed by atoms with van der Waals surface area (Å²) in [5, 5.41) is 10.4. The van der Waals surface area contributed by atoms with Crippen LogP contribution >= 0.6 is 0 Å². The van der Waals surface area contributed by atoms with Gasteiger partial charge in [-0.3, -0.25) is 4.79 Å². The van der Waals surface area contributed by atoms with Gasteiger partial charge in [0.05, 0.1) is 5.69 Å². The summed E-state index contributed by atoms with van der Waals surface area (Å²) in [6.45, 7) is 7.07. The van der Waals surface area contributed by atoms with Gasteiger partial charge in [0.1, 0.15) is 5.82 Å². The van der Waals surface area contributed by atoms with E-state index in [-0.39, 0.29) is 11.9 Å². The molecule has 0 heterocycles. The second kappa shape index (κ2) is 9.63. The molecule has 0 aromatic heterocycles.